The van der Waals surface area contributed by atoms with Crippen molar-refractivity contribution in [3.05, 3.63) is 35.9 Å². The summed E-state index contributed by atoms with van der Waals surface area (Å²) < 4.78 is 32.9. The lowest BCUT2D eigenvalue weighted by atomic mass is 9.90. The van der Waals surface area contributed by atoms with Crippen LogP contribution < -0.4 is 37.2 Å². The van der Waals surface area contributed by atoms with Crippen molar-refractivity contribution in [3.63, 3.8) is 0 Å². The number of rotatable bonds is 37. The number of hydrogen-bond acceptors (Lipinski definition) is 16. The molecule has 0 radical (unpaired) electrons. The van der Waals surface area contributed by atoms with E-state index in [0.717, 1.165) is 5.56 Å². The summed E-state index contributed by atoms with van der Waals surface area (Å²) >= 11 is 0. The van der Waals surface area contributed by atoms with Crippen LogP contribution in [0.1, 0.15) is 120 Å². The minimum absolute atomic E-state index is 0. The molecule has 1 aliphatic rings. The smallest absolute Gasteiger partial charge is 0.407 e. The number of amides is 7. The van der Waals surface area contributed by atoms with Gasteiger partial charge in [0, 0.05) is 53.8 Å². The first-order valence-electron chi connectivity index (χ1n) is 27.5. The van der Waals surface area contributed by atoms with Crippen LogP contribution in [0.4, 0.5) is 4.79 Å². The highest BCUT2D eigenvalue weighted by Gasteiger charge is 2.42. The van der Waals surface area contributed by atoms with Crippen molar-refractivity contribution in [2.45, 2.75) is 182 Å². The third-order valence-electron chi connectivity index (χ3n) is 14.1. The topological polar surface area (TPSA) is 300 Å². The second-order valence-electron chi connectivity index (χ2n) is 20.6. The van der Waals surface area contributed by atoms with E-state index in [1.165, 1.54) is 28.3 Å². The number of hydrogen-bond donors (Lipinski definition) is 8. The van der Waals surface area contributed by atoms with Crippen LogP contribution in [0.2, 0.25) is 0 Å². The molecule has 1 aliphatic heterocycles. The van der Waals surface area contributed by atoms with E-state index in [-0.39, 0.29) is 101 Å². The molecule has 23 heteroatoms. The number of nitrogens with zero attached hydrogens (tertiary/aromatic N) is 1. The fraction of sp³-hybridized carbons (Fsp3) is 0.750. The molecule has 0 bridgehead atoms. The third kappa shape index (κ3) is 24.4. The van der Waals surface area contributed by atoms with Crippen molar-refractivity contribution >= 4 is 47.5 Å². The Kier molecular flexibility index (Phi) is 34.6. The SMILES string of the molecule is C.CCC(CO)OC(COC(=O)NCCC(=O)N[C@@H](C)C(=O)OCCCNC(=O)[C@H](Cc1ccccc1)NC(=O)[C@H](C)[C@@H](OC)[C@@H]1CCCN1C(=O)C[C@@H](OC)[C@@H](NC(=O)[C@@H](NC(=O)[C@@H](NC)C(C)C)C(C)C)[C@@H](C)CC)OC. The van der Waals surface area contributed by atoms with Gasteiger partial charge >= 0.3 is 12.1 Å². The molecule has 12 atom stereocenters. The fourth-order valence-corrected chi connectivity index (χ4v) is 9.15. The lowest BCUT2D eigenvalue weighted by Gasteiger charge is -2.37. The van der Waals surface area contributed by atoms with E-state index >= 15 is 0 Å². The van der Waals surface area contributed by atoms with Gasteiger partial charge in [0.2, 0.25) is 35.4 Å². The summed E-state index contributed by atoms with van der Waals surface area (Å²) in [7, 11) is 6.06. The van der Waals surface area contributed by atoms with E-state index in [1.807, 2.05) is 78.8 Å². The molecule has 1 aromatic rings. The Morgan fingerprint density at radius 2 is 1.41 bits per heavy atom. The first-order chi connectivity index (χ1) is 37.1. The van der Waals surface area contributed by atoms with Crippen molar-refractivity contribution in [2.75, 3.05) is 67.8 Å². The molecular weight excluding hydrogens is 1020 g/mol. The van der Waals surface area contributed by atoms with Crippen molar-refractivity contribution in [1.82, 2.24) is 42.1 Å². The molecule has 0 spiro atoms. The average Bonchev–Trinajstić information content (AvgIpc) is 3.91. The molecule has 0 aromatic heterocycles. The molecule has 1 saturated heterocycles. The van der Waals surface area contributed by atoms with Crippen LogP contribution in [0.3, 0.4) is 0 Å². The lowest BCUT2D eigenvalue weighted by molar-refractivity contribution is -0.181. The molecule has 79 heavy (non-hydrogen) atoms. The molecule has 2 rings (SSSR count). The van der Waals surface area contributed by atoms with Crippen molar-refractivity contribution in [2.24, 2.45) is 23.7 Å². The Morgan fingerprint density at radius 3 is 1.97 bits per heavy atom. The summed E-state index contributed by atoms with van der Waals surface area (Å²) in [6.45, 7) is 16.4. The lowest BCUT2D eigenvalue weighted by Crippen LogP contribution is -2.59. The van der Waals surface area contributed by atoms with Gasteiger partial charge in [-0.2, -0.15) is 0 Å². The highest BCUT2D eigenvalue weighted by atomic mass is 16.7. The van der Waals surface area contributed by atoms with Crippen LogP contribution >= 0.6 is 0 Å². The number of esters is 1. The summed E-state index contributed by atoms with van der Waals surface area (Å²) in [6.07, 6.45) is -1.07. The zero-order chi connectivity index (χ0) is 58.5. The van der Waals surface area contributed by atoms with Crippen molar-refractivity contribution in [1.29, 1.82) is 0 Å². The standard InChI is InChI=1S/C55H94N8O15.CH4/c1-14-35(7)48(62-53(70)47(34(5)6)61-52(69)46(56-10)33(3)4)42(73-11)30-44(66)63-27-19-23-41(63)49(75-13)36(8)50(67)60-40(29-38-21-17-16-18-22-38)51(68)57-25-20-28-76-54(71)37(9)59-43(65)24-26-58-55(72)77-32-45(74-12)78-39(15-2)31-64;/h16-18,21-22,33-37,39-42,45-49,56,64H,14-15,19-20,23-32H2,1-13H3,(H,57,68)(H,58,72)(H,59,65)(H,60,67)(H,61,69)(H,62,70);1H4/t35-,36+,37-,39?,40-,41-,42+,45?,46-,47-,48-,49+;/m0./s1. The van der Waals surface area contributed by atoms with Gasteiger partial charge in [-0.15, -0.1) is 0 Å². The minimum Gasteiger partial charge on any atom is -0.464 e. The Labute approximate surface area is 469 Å². The Bertz CT molecular complexity index is 2000. The Balaban J connectivity index is 0.0000312. The number of ether oxygens (including phenoxy) is 6. The van der Waals surface area contributed by atoms with Gasteiger partial charge in [-0.1, -0.05) is 99.6 Å². The summed E-state index contributed by atoms with van der Waals surface area (Å²) in [5, 5.41) is 29.1. The fourth-order valence-electron chi connectivity index (χ4n) is 9.15. The summed E-state index contributed by atoms with van der Waals surface area (Å²) in [4.78, 5) is 108. The summed E-state index contributed by atoms with van der Waals surface area (Å²) in [6, 6.07) is 4.79. The number of carbonyl (C=O) groups is 8. The van der Waals surface area contributed by atoms with E-state index in [0.29, 0.717) is 32.2 Å². The van der Waals surface area contributed by atoms with Gasteiger partial charge in [0.05, 0.1) is 62.0 Å². The van der Waals surface area contributed by atoms with E-state index in [2.05, 4.69) is 37.2 Å². The van der Waals surface area contributed by atoms with Crippen LogP contribution in [-0.2, 0) is 68.4 Å². The molecular formula is C56H98N8O15. The molecule has 452 valence electrons. The predicted octanol–water partition coefficient (Wildman–Crippen LogP) is 2.74. The molecule has 1 fully saturated rings. The van der Waals surface area contributed by atoms with E-state index < -0.39 is 96.6 Å². The highest BCUT2D eigenvalue weighted by Crippen LogP contribution is 2.29. The zero-order valence-electron chi connectivity index (χ0n) is 48.5. The summed E-state index contributed by atoms with van der Waals surface area (Å²) in [5.41, 5.74) is 0.797. The molecule has 1 aromatic carbocycles. The van der Waals surface area contributed by atoms with Gasteiger partial charge in [0.25, 0.3) is 0 Å². The number of alkyl carbamates (subject to hydrolysis) is 1. The predicted molar refractivity (Wildman–Crippen MR) is 298 cm³/mol. The van der Waals surface area contributed by atoms with Gasteiger partial charge in [0.15, 0.2) is 6.29 Å². The van der Waals surface area contributed by atoms with Crippen LogP contribution in [-0.4, -0.2) is 186 Å². The Hall–Kier alpha value is -5.46. The van der Waals surface area contributed by atoms with Crippen molar-refractivity contribution < 1.29 is 71.9 Å². The highest BCUT2D eigenvalue weighted by molar-refractivity contribution is 5.91. The quantitative estimate of drug-likeness (QED) is 0.0270. The van der Waals surface area contributed by atoms with Gasteiger partial charge in [0.1, 0.15) is 24.7 Å². The monoisotopic (exact) mass is 1120 g/mol. The molecule has 2 unspecified atom stereocenters. The van der Waals surface area contributed by atoms with Crippen LogP contribution in [0, 0.1) is 23.7 Å². The van der Waals surface area contributed by atoms with Crippen LogP contribution in [0.15, 0.2) is 30.3 Å². The maximum Gasteiger partial charge on any atom is 0.407 e. The van der Waals surface area contributed by atoms with Crippen LogP contribution in [0.25, 0.3) is 0 Å². The van der Waals surface area contributed by atoms with E-state index in [1.54, 1.807) is 18.9 Å². The molecule has 0 aliphatic carbocycles. The number of aliphatic hydroxyl groups excluding tert-OH is 1. The molecule has 23 nitrogen and oxygen atoms in total. The van der Waals surface area contributed by atoms with E-state index in [4.69, 9.17) is 28.4 Å². The maximum atomic E-state index is 14.3. The van der Waals surface area contributed by atoms with Gasteiger partial charge in [-0.25, -0.2) is 9.59 Å². The van der Waals surface area contributed by atoms with Crippen molar-refractivity contribution in [3.8, 4) is 0 Å². The van der Waals surface area contributed by atoms with Gasteiger partial charge in [-0.05, 0) is 63.0 Å². The number of nitrogens with one attached hydrogen (secondary N) is 7. The second kappa shape index (κ2) is 38.2. The number of methoxy groups -OCH3 is 3. The number of likely N-dealkylation sites (N-methyl/N-ethyl adjacent to an activating group) is 1. The largest absolute Gasteiger partial charge is 0.464 e. The van der Waals surface area contributed by atoms with E-state index in [9.17, 15) is 43.5 Å². The van der Waals surface area contributed by atoms with Gasteiger partial charge < -0.3 is 75.6 Å². The third-order valence-corrected chi connectivity index (χ3v) is 14.1. The number of aliphatic hydroxyl groups is 1. The molecule has 1 heterocycles. The van der Waals surface area contributed by atoms with Gasteiger partial charge in [-0.3, -0.25) is 28.8 Å². The molecule has 7 amide bonds. The second-order valence-corrected chi connectivity index (χ2v) is 20.6. The van der Waals surface area contributed by atoms with Crippen LogP contribution in [0.5, 0.6) is 0 Å². The number of benzene rings is 1. The molecule has 0 saturated carbocycles. The first-order valence-corrected chi connectivity index (χ1v) is 27.5. The zero-order valence-corrected chi connectivity index (χ0v) is 48.5. The maximum absolute atomic E-state index is 14.3. The Morgan fingerprint density at radius 1 is 0.747 bits per heavy atom. The average molecular weight is 1120 g/mol. The number of likely N-dealkylation sites (tertiary alicyclic amines) is 1. The molecule has 8 N–H and O–H groups in total. The first kappa shape index (κ1) is 71.6. The summed E-state index contributed by atoms with van der Waals surface area (Å²) in [5.74, 6) is -4.21. The normalized spacial score (nSPS) is 17.5. The number of carbonyl (C=O) groups excluding carboxylic acids is 8. The minimum atomic E-state index is -1.01.